The van der Waals surface area contributed by atoms with Crippen molar-refractivity contribution in [3.05, 3.63) is 34.3 Å². The van der Waals surface area contributed by atoms with Gasteiger partial charge in [0.1, 0.15) is 0 Å². The molecule has 0 unspecified atom stereocenters. The number of hydrogen-bond acceptors (Lipinski definition) is 6. The van der Waals surface area contributed by atoms with Crippen molar-refractivity contribution in [2.24, 2.45) is 0 Å². The van der Waals surface area contributed by atoms with Gasteiger partial charge in [0.05, 0.1) is 32.0 Å². The maximum absolute atomic E-state index is 12.0. The smallest absolute Gasteiger partial charge is 0.248 e. The number of hydrogen-bond donors (Lipinski definition) is 1. The van der Waals surface area contributed by atoms with E-state index in [0.717, 1.165) is 10.7 Å². The van der Waals surface area contributed by atoms with Gasteiger partial charge >= 0.3 is 0 Å². The van der Waals surface area contributed by atoms with Gasteiger partial charge in [-0.3, -0.25) is 4.79 Å². The standard InChI is InChI=1S/C16H18N2O4S/c1-10-17-11(9-23-10)5-6-15(19)18-12-7-13(20-2)16(22-4)14(8-12)21-3/h5-9H,1-4H3,(H,18,19)/b6-5+. The lowest BCUT2D eigenvalue weighted by atomic mass is 10.2. The molecule has 6 nitrogen and oxygen atoms in total. The molecule has 1 aromatic carbocycles. The van der Waals surface area contributed by atoms with Crippen LogP contribution in [0.5, 0.6) is 17.2 Å². The number of carbonyl (C=O) groups is 1. The third kappa shape index (κ3) is 4.23. The van der Waals surface area contributed by atoms with Crippen LogP contribution in [0, 0.1) is 6.92 Å². The number of ether oxygens (including phenoxy) is 3. The highest BCUT2D eigenvalue weighted by Crippen LogP contribution is 2.39. The van der Waals surface area contributed by atoms with Crippen molar-refractivity contribution in [1.82, 2.24) is 4.98 Å². The van der Waals surface area contributed by atoms with Crippen LogP contribution < -0.4 is 19.5 Å². The monoisotopic (exact) mass is 334 g/mol. The molecule has 0 saturated heterocycles. The number of amides is 1. The highest BCUT2D eigenvalue weighted by molar-refractivity contribution is 7.09. The first-order valence-electron chi connectivity index (χ1n) is 6.78. The maximum atomic E-state index is 12.0. The Bertz CT molecular complexity index is 700. The lowest BCUT2D eigenvalue weighted by Crippen LogP contribution is -2.08. The Kier molecular flexibility index (Phi) is 5.59. The Morgan fingerprint density at radius 3 is 2.30 bits per heavy atom. The highest BCUT2D eigenvalue weighted by atomic mass is 32.1. The topological polar surface area (TPSA) is 69.7 Å². The molecule has 0 atom stereocenters. The number of thiazole rings is 1. The average Bonchev–Trinajstić information content (AvgIpc) is 2.97. The average molecular weight is 334 g/mol. The molecule has 1 N–H and O–H groups in total. The van der Waals surface area contributed by atoms with Crippen LogP contribution in [0.15, 0.2) is 23.6 Å². The number of nitrogens with one attached hydrogen (secondary N) is 1. The van der Waals surface area contributed by atoms with Gasteiger partial charge in [0.2, 0.25) is 11.7 Å². The zero-order chi connectivity index (χ0) is 16.8. The van der Waals surface area contributed by atoms with Gasteiger partial charge in [-0.1, -0.05) is 0 Å². The Balaban J connectivity index is 2.15. The molecule has 0 spiro atoms. The summed E-state index contributed by atoms with van der Waals surface area (Å²) in [5.41, 5.74) is 1.30. The largest absolute Gasteiger partial charge is 0.493 e. The molecule has 122 valence electrons. The van der Waals surface area contributed by atoms with Crippen molar-refractivity contribution in [1.29, 1.82) is 0 Å². The van der Waals surface area contributed by atoms with Crippen molar-refractivity contribution < 1.29 is 19.0 Å². The predicted molar refractivity (Wildman–Crippen MR) is 90.6 cm³/mol. The van der Waals surface area contributed by atoms with Crippen molar-refractivity contribution in [3.63, 3.8) is 0 Å². The predicted octanol–water partition coefficient (Wildman–Crippen LogP) is 3.13. The van der Waals surface area contributed by atoms with Gasteiger partial charge in [0, 0.05) is 29.3 Å². The van der Waals surface area contributed by atoms with E-state index in [0.29, 0.717) is 22.9 Å². The summed E-state index contributed by atoms with van der Waals surface area (Å²) >= 11 is 1.53. The van der Waals surface area contributed by atoms with Gasteiger partial charge < -0.3 is 19.5 Å². The zero-order valence-corrected chi connectivity index (χ0v) is 14.2. The fraction of sp³-hybridized carbons (Fsp3) is 0.250. The van der Waals surface area contributed by atoms with Crippen LogP contribution >= 0.6 is 11.3 Å². The van der Waals surface area contributed by atoms with Crippen molar-refractivity contribution in [2.75, 3.05) is 26.6 Å². The molecule has 0 saturated carbocycles. The van der Waals surface area contributed by atoms with Crippen molar-refractivity contribution in [3.8, 4) is 17.2 Å². The normalized spacial score (nSPS) is 10.6. The van der Waals surface area contributed by atoms with E-state index < -0.39 is 0 Å². The first-order valence-corrected chi connectivity index (χ1v) is 7.66. The number of aryl methyl sites for hydroxylation is 1. The molecule has 0 bridgehead atoms. The zero-order valence-electron chi connectivity index (χ0n) is 13.4. The van der Waals surface area contributed by atoms with E-state index in [1.165, 1.54) is 38.7 Å². The van der Waals surface area contributed by atoms with Crippen LogP contribution in [0.25, 0.3) is 6.08 Å². The number of nitrogens with zero attached hydrogens (tertiary/aromatic N) is 1. The molecule has 7 heteroatoms. The molecular weight excluding hydrogens is 316 g/mol. The maximum Gasteiger partial charge on any atom is 0.248 e. The molecule has 2 aromatic rings. The van der Waals surface area contributed by atoms with Crippen LogP contribution in [-0.2, 0) is 4.79 Å². The lowest BCUT2D eigenvalue weighted by Gasteiger charge is -2.14. The van der Waals surface area contributed by atoms with Gasteiger partial charge in [-0.2, -0.15) is 0 Å². The fourth-order valence-corrected chi connectivity index (χ4v) is 2.54. The molecule has 23 heavy (non-hydrogen) atoms. The number of rotatable bonds is 6. The van der Waals surface area contributed by atoms with Crippen LogP contribution in [0.4, 0.5) is 5.69 Å². The molecule has 2 rings (SSSR count). The third-order valence-electron chi connectivity index (χ3n) is 2.97. The van der Waals surface area contributed by atoms with Crippen molar-refractivity contribution >= 4 is 29.0 Å². The third-order valence-corrected chi connectivity index (χ3v) is 3.77. The van der Waals surface area contributed by atoms with Gasteiger partial charge in [-0.05, 0) is 13.0 Å². The van der Waals surface area contributed by atoms with Crippen LogP contribution in [0.2, 0.25) is 0 Å². The molecule has 1 heterocycles. The Morgan fingerprint density at radius 1 is 1.17 bits per heavy atom. The Labute approximate surface area is 138 Å². The van der Waals surface area contributed by atoms with Gasteiger partial charge in [0.15, 0.2) is 11.5 Å². The van der Waals surface area contributed by atoms with Crippen molar-refractivity contribution in [2.45, 2.75) is 6.92 Å². The van der Waals surface area contributed by atoms with E-state index in [4.69, 9.17) is 14.2 Å². The van der Waals surface area contributed by atoms with Crippen LogP contribution in [0.3, 0.4) is 0 Å². The minimum atomic E-state index is -0.273. The number of benzene rings is 1. The first-order chi connectivity index (χ1) is 11.1. The summed E-state index contributed by atoms with van der Waals surface area (Å²) < 4.78 is 15.7. The SMILES string of the molecule is COc1cc(NC(=O)/C=C/c2csc(C)n2)cc(OC)c1OC. The van der Waals surface area contributed by atoms with Crippen LogP contribution in [0.1, 0.15) is 10.7 Å². The second-order valence-corrected chi connectivity index (χ2v) is 5.59. The quantitative estimate of drug-likeness (QED) is 0.822. The number of carbonyl (C=O) groups excluding carboxylic acids is 1. The molecular formula is C16H18N2O4S. The Hall–Kier alpha value is -2.54. The molecule has 0 aliphatic carbocycles. The molecule has 0 fully saturated rings. The fourth-order valence-electron chi connectivity index (χ4n) is 1.95. The lowest BCUT2D eigenvalue weighted by molar-refractivity contribution is -0.111. The summed E-state index contributed by atoms with van der Waals surface area (Å²) in [7, 11) is 4.57. The van der Waals surface area contributed by atoms with Crippen LogP contribution in [-0.4, -0.2) is 32.2 Å². The molecule has 0 aliphatic rings. The highest BCUT2D eigenvalue weighted by Gasteiger charge is 2.13. The first kappa shape index (κ1) is 16.8. The summed E-state index contributed by atoms with van der Waals surface area (Å²) in [6, 6.07) is 3.33. The van der Waals surface area contributed by atoms with E-state index in [1.54, 1.807) is 18.2 Å². The summed E-state index contributed by atoms with van der Waals surface area (Å²) in [6.45, 7) is 1.91. The van der Waals surface area contributed by atoms with E-state index in [2.05, 4.69) is 10.3 Å². The number of aromatic nitrogens is 1. The summed E-state index contributed by atoms with van der Waals surface area (Å²) in [6.07, 6.45) is 3.09. The van der Waals surface area contributed by atoms with Gasteiger partial charge in [0.25, 0.3) is 0 Å². The second kappa shape index (κ2) is 7.64. The minimum Gasteiger partial charge on any atom is -0.493 e. The molecule has 1 aromatic heterocycles. The van der Waals surface area contributed by atoms with Gasteiger partial charge in [-0.25, -0.2) is 4.98 Å². The van der Waals surface area contributed by atoms with E-state index in [1.807, 2.05) is 12.3 Å². The molecule has 0 aliphatic heterocycles. The molecule has 1 amide bonds. The second-order valence-electron chi connectivity index (χ2n) is 4.53. The summed E-state index contributed by atoms with van der Waals surface area (Å²) in [5, 5.41) is 5.59. The van der Waals surface area contributed by atoms with E-state index in [9.17, 15) is 4.79 Å². The van der Waals surface area contributed by atoms with E-state index >= 15 is 0 Å². The number of anilines is 1. The summed E-state index contributed by atoms with van der Waals surface area (Å²) in [4.78, 5) is 16.3. The van der Waals surface area contributed by atoms with Gasteiger partial charge in [-0.15, -0.1) is 11.3 Å². The number of methoxy groups -OCH3 is 3. The Morgan fingerprint density at radius 2 is 1.83 bits per heavy atom. The van der Waals surface area contributed by atoms with E-state index in [-0.39, 0.29) is 5.91 Å². The molecule has 0 radical (unpaired) electrons. The minimum absolute atomic E-state index is 0.273. The summed E-state index contributed by atoms with van der Waals surface area (Å²) in [5.74, 6) is 1.15.